The average Bonchev–Trinajstić information content (AvgIpc) is 2.28. The molecule has 4 bridgehead atoms. The summed E-state index contributed by atoms with van der Waals surface area (Å²) in [6.07, 6.45) is 5.41. The van der Waals surface area contributed by atoms with Gasteiger partial charge in [-0.3, -0.25) is 4.55 Å². The SMILES string of the molecule is NC(CCS(=O)(=O)O)CC1C2CC3CC1CC(F)(C3)C2. The van der Waals surface area contributed by atoms with Crippen molar-refractivity contribution >= 4 is 10.1 Å². The van der Waals surface area contributed by atoms with Crippen LogP contribution < -0.4 is 5.73 Å². The molecule has 3 N–H and O–H groups in total. The molecule has 0 saturated heterocycles. The molecule has 0 spiro atoms. The third-order valence-corrected chi connectivity index (χ3v) is 6.47. The largest absolute Gasteiger partial charge is 0.328 e. The molecule has 4 nitrogen and oxygen atoms in total. The first kappa shape index (κ1) is 14.7. The number of hydrogen-bond donors (Lipinski definition) is 2. The molecule has 4 fully saturated rings. The van der Waals surface area contributed by atoms with Gasteiger partial charge in [-0.15, -0.1) is 0 Å². The van der Waals surface area contributed by atoms with Gasteiger partial charge >= 0.3 is 0 Å². The van der Waals surface area contributed by atoms with Crippen LogP contribution in [0.4, 0.5) is 4.39 Å². The Balaban J connectivity index is 1.59. The Hall–Kier alpha value is -0.200. The number of hydrogen-bond acceptors (Lipinski definition) is 3. The van der Waals surface area contributed by atoms with E-state index in [1.807, 2.05) is 0 Å². The van der Waals surface area contributed by atoms with E-state index in [9.17, 15) is 12.8 Å². The summed E-state index contributed by atoms with van der Waals surface area (Å²) in [7, 11) is -3.93. The van der Waals surface area contributed by atoms with Gasteiger partial charge in [-0.1, -0.05) is 0 Å². The van der Waals surface area contributed by atoms with Crippen molar-refractivity contribution in [2.45, 2.75) is 56.7 Å². The van der Waals surface area contributed by atoms with E-state index in [2.05, 4.69) is 0 Å². The highest BCUT2D eigenvalue weighted by molar-refractivity contribution is 7.85. The molecular weight excluding hydrogens is 281 g/mol. The van der Waals surface area contributed by atoms with E-state index >= 15 is 0 Å². The molecule has 0 aromatic rings. The first-order chi connectivity index (χ1) is 9.24. The van der Waals surface area contributed by atoms with Gasteiger partial charge in [0.2, 0.25) is 0 Å². The van der Waals surface area contributed by atoms with Crippen LogP contribution in [0.25, 0.3) is 0 Å². The highest BCUT2D eigenvalue weighted by atomic mass is 32.2. The summed E-state index contributed by atoms with van der Waals surface area (Å²) in [4.78, 5) is 0. The highest BCUT2D eigenvalue weighted by Gasteiger charge is 2.55. The molecule has 4 aliphatic carbocycles. The summed E-state index contributed by atoms with van der Waals surface area (Å²) in [5, 5.41) is 0. The third kappa shape index (κ3) is 3.02. The average molecular weight is 305 g/mol. The molecule has 6 heteroatoms. The lowest BCUT2D eigenvalue weighted by atomic mass is 9.50. The van der Waals surface area contributed by atoms with Gasteiger partial charge in [0.25, 0.3) is 10.1 Å². The Morgan fingerprint density at radius 1 is 1.25 bits per heavy atom. The van der Waals surface area contributed by atoms with E-state index in [0.29, 0.717) is 42.9 Å². The minimum absolute atomic E-state index is 0.213. The van der Waals surface area contributed by atoms with Gasteiger partial charge < -0.3 is 5.73 Å². The normalized spacial score (nSPS) is 44.8. The van der Waals surface area contributed by atoms with Gasteiger partial charge in [0.1, 0.15) is 5.67 Å². The van der Waals surface area contributed by atoms with Crippen LogP contribution in [0.5, 0.6) is 0 Å². The molecular formula is C14H24FNO3S. The lowest BCUT2D eigenvalue weighted by Gasteiger charge is -2.57. The van der Waals surface area contributed by atoms with Crippen LogP contribution >= 0.6 is 0 Å². The minimum atomic E-state index is -3.93. The zero-order chi connectivity index (χ0) is 14.5. The molecule has 4 aliphatic rings. The Labute approximate surface area is 120 Å². The summed E-state index contributed by atoms with van der Waals surface area (Å²) in [6, 6.07) is -0.213. The van der Waals surface area contributed by atoms with Crippen LogP contribution in [-0.4, -0.2) is 30.4 Å². The van der Waals surface area contributed by atoms with Crippen molar-refractivity contribution in [2.75, 3.05) is 5.75 Å². The third-order valence-electron chi connectivity index (χ3n) is 5.72. The smallest absolute Gasteiger partial charge is 0.264 e. The fourth-order valence-electron chi connectivity index (χ4n) is 5.18. The van der Waals surface area contributed by atoms with E-state index in [-0.39, 0.29) is 11.8 Å². The second kappa shape index (κ2) is 4.92. The Kier molecular flexibility index (Phi) is 3.62. The topological polar surface area (TPSA) is 80.4 Å². The lowest BCUT2D eigenvalue weighted by molar-refractivity contribution is -0.112. The summed E-state index contributed by atoms with van der Waals surface area (Å²) in [6.45, 7) is 0. The second-order valence-electron chi connectivity index (χ2n) is 7.36. The fourth-order valence-corrected chi connectivity index (χ4v) is 5.78. The van der Waals surface area contributed by atoms with E-state index < -0.39 is 15.8 Å². The van der Waals surface area contributed by atoms with Crippen molar-refractivity contribution < 1.29 is 17.4 Å². The Bertz CT molecular complexity index is 465. The molecule has 0 aromatic carbocycles. The first-order valence-corrected chi connectivity index (χ1v) is 9.25. The number of rotatable bonds is 5. The number of alkyl halides is 1. The Morgan fingerprint density at radius 2 is 1.85 bits per heavy atom. The molecule has 20 heavy (non-hydrogen) atoms. The zero-order valence-electron chi connectivity index (χ0n) is 11.7. The van der Waals surface area contributed by atoms with Gasteiger partial charge in [-0.2, -0.15) is 8.42 Å². The van der Waals surface area contributed by atoms with Crippen LogP contribution in [0.15, 0.2) is 0 Å². The second-order valence-corrected chi connectivity index (χ2v) is 8.93. The Morgan fingerprint density at radius 3 is 2.35 bits per heavy atom. The summed E-state index contributed by atoms with van der Waals surface area (Å²) < 4.78 is 44.9. The zero-order valence-corrected chi connectivity index (χ0v) is 12.5. The predicted molar refractivity (Wildman–Crippen MR) is 74.5 cm³/mol. The molecule has 0 aliphatic heterocycles. The minimum Gasteiger partial charge on any atom is -0.328 e. The fraction of sp³-hybridized carbons (Fsp3) is 1.00. The van der Waals surface area contributed by atoms with E-state index in [1.54, 1.807) is 0 Å². The molecule has 116 valence electrons. The predicted octanol–water partition coefficient (Wildman–Crippen LogP) is 2.15. The van der Waals surface area contributed by atoms with Gasteiger partial charge in [-0.25, -0.2) is 4.39 Å². The quantitative estimate of drug-likeness (QED) is 0.763. The van der Waals surface area contributed by atoms with Gasteiger partial charge in [-0.05, 0) is 68.6 Å². The van der Waals surface area contributed by atoms with Gasteiger partial charge in [0, 0.05) is 6.04 Å². The first-order valence-electron chi connectivity index (χ1n) is 7.64. The molecule has 0 radical (unpaired) electrons. The van der Waals surface area contributed by atoms with Crippen molar-refractivity contribution in [1.29, 1.82) is 0 Å². The molecule has 0 aromatic heterocycles. The van der Waals surface area contributed by atoms with Crippen LogP contribution in [0.2, 0.25) is 0 Å². The van der Waals surface area contributed by atoms with Crippen LogP contribution in [0.3, 0.4) is 0 Å². The highest BCUT2D eigenvalue weighted by Crippen LogP contribution is 2.60. The maximum atomic E-state index is 14.6. The van der Waals surface area contributed by atoms with Crippen molar-refractivity contribution in [2.24, 2.45) is 29.4 Å². The van der Waals surface area contributed by atoms with E-state index in [4.69, 9.17) is 10.3 Å². The summed E-state index contributed by atoms with van der Waals surface area (Å²) >= 11 is 0. The molecule has 3 unspecified atom stereocenters. The number of nitrogens with two attached hydrogens (primary N) is 1. The van der Waals surface area contributed by atoms with E-state index in [1.165, 1.54) is 0 Å². The monoisotopic (exact) mass is 305 g/mol. The maximum Gasteiger partial charge on any atom is 0.264 e. The summed E-state index contributed by atoms with van der Waals surface area (Å²) in [5.41, 5.74) is 5.10. The van der Waals surface area contributed by atoms with Gasteiger partial charge in [0.15, 0.2) is 0 Å². The van der Waals surface area contributed by atoms with Crippen molar-refractivity contribution in [3.05, 3.63) is 0 Å². The molecule has 0 heterocycles. The molecule has 4 rings (SSSR count). The number of halogens is 1. The molecule has 0 amide bonds. The standard InChI is InChI=1S/C14H24FNO3S/c15-14-6-9-3-10(7-14)13(11(4-9)8-14)5-12(16)1-2-20(17,18)19/h9-13H,1-8,16H2,(H,17,18,19). The molecule has 3 atom stereocenters. The van der Waals surface area contributed by atoms with Crippen LogP contribution in [-0.2, 0) is 10.1 Å². The van der Waals surface area contributed by atoms with Crippen molar-refractivity contribution in [1.82, 2.24) is 0 Å². The van der Waals surface area contributed by atoms with Crippen LogP contribution in [0.1, 0.15) is 44.9 Å². The lowest BCUT2D eigenvalue weighted by Crippen LogP contribution is -2.53. The van der Waals surface area contributed by atoms with Crippen molar-refractivity contribution in [3.8, 4) is 0 Å². The molecule has 4 saturated carbocycles. The van der Waals surface area contributed by atoms with Crippen LogP contribution in [0, 0.1) is 23.7 Å². The summed E-state index contributed by atoms with van der Waals surface area (Å²) in [5.74, 6) is 1.60. The van der Waals surface area contributed by atoms with Crippen molar-refractivity contribution in [3.63, 3.8) is 0 Å². The van der Waals surface area contributed by atoms with Gasteiger partial charge in [0.05, 0.1) is 5.75 Å². The maximum absolute atomic E-state index is 14.6. The van der Waals surface area contributed by atoms with E-state index in [0.717, 1.165) is 25.7 Å².